The van der Waals surface area contributed by atoms with E-state index >= 15 is 0 Å². The molecule has 0 spiro atoms. The molecule has 0 unspecified atom stereocenters. The molecule has 4 nitrogen and oxygen atoms in total. The Kier molecular flexibility index (Phi) is 7.24. The van der Waals surface area contributed by atoms with Crippen LogP contribution in [0.15, 0.2) is 54.2 Å². The van der Waals surface area contributed by atoms with Crippen molar-refractivity contribution in [3.63, 3.8) is 0 Å². The number of allylic oxidation sites excluding steroid dienone is 1. The summed E-state index contributed by atoms with van der Waals surface area (Å²) < 4.78 is 20.8. The molecule has 3 aromatic rings. The fraction of sp³-hybridized carbons (Fsp3) is 0.158. The van der Waals surface area contributed by atoms with Gasteiger partial charge in [-0.05, 0) is 29.8 Å². The summed E-state index contributed by atoms with van der Waals surface area (Å²) in [6.45, 7) is 4.45. The number of ether oxygens (including phenoxy) is 1. The summed E-state index contributed by atoms with van der Waals surface area (Å²) in [6, 6.07) is 9.33. The van der Waals surface area contributed by atoms with Crippen LogP contribution >= 0.6 is 46.6 Å². The summed E-state index contributed by atoms with van der Waals surface area (Å²) in [4.78, 5) is 0. The Morgan fingerprint density at radius 3 is 2.68 bits per heavy atom. The van der Waals surface area contributed by atoms with E-state index in [4.69, 9.17) is 39.5 Å². The molecule has 2 aromatic carbocycles. The Bertz CT molecular complexity index is 997. The van der Waals surface area contributed by atoms with Crippen LogP contribution < -0.4 is 4.74 Å². The van der Waals surface area contributed by atoms with Crippen molar-refractivity contribution in [3.05, 3.63) is 81.3 Å². The highest BCUT2D eigenvalue weighted by Gasteiger charge is 2.14. The molecule has 0 aliphatic rings. The highest BCUT2D eigenvalue weighted by atomic mass is 35.5. The van der Waals surface area contributed by atoms with Gasteiger partial charge < -0.3 is 4.74 Å². The van der Waals surface area contributed by atoms with Crippen molar-refractivity contribution in [3.8, 4) is 5.75 Å². The van der Waals surface area contributed by atoms with Gasteiger partial charge in [-0.2, -0.15) is 0 Å². The smallest absolute Gasteiger partial charge is 0.191 e. The molecule has 1 heterocycles. The molecule has 0 saturated heterocycles. The molecule has 0 atom stereocenters. The Morgan fingerprint density at radius 2 is 1.93 bits per heavy atom. The van der Waals surface area contributed by atoms with Gasteiger partial charge in [0.25, 0.3) is 0 Å². The van der Waals surface area contributed by atoms with E-state index in [9.17, 15) is 4.39 Å². The predicted molar refractivity (Wildman–Crippen MR) is 112 cm³/mol. The van der Waals surface area contributed by atoms with Gasteiger partial charge in [-0.25, -0.2) is 4.39 Å². The number of nitrogens with zero attached hydrogens (tertiary/aromatic N) is 3. The van der Waals surface area contributed by atoms with Gasteiger partial charge in [0, 0.05) is 28.4 Å². The summed E-state index contributed by atoms with van der Waals surface area (Å²) in [5, 5.41) is 10.5. The average Bonchev–Trinajstić information content (AvgIpc) is 3.04. The van der Waals surface area contributed by atoms with Gasteiger partial charge in [-0.15, -0.1) is 16.8 Å². The minimum absolute atomic E-state index is 0.165. The first-order valence-corrected chi connectivity index (χ1v) is 10.3. The maximum Gasteiger partial charge on any atom is 0.191 e. The van der Waals surface area contributed by atoms with Crippen LogP contribution in [-0.4, -0.2) is 14.8 Å². The number of thioether (sulfide) groups is 1. The molecule has 0 fully saturated rings. The zero-order valence-corrected chi connectivity index (χ0v) is 17.6. The van der Waals surface area contributed by atoms with Gasteiger partial charge in [0.15, 0.2) is 11.0 Å². The molecule has 0 N–H and O–H groups in total. The Hall–Kier alpha value is -1.73. The van der Waals surface area contributed by atoms with Gasteiger partial charge in [0.05, 0.1) is 5.02 Å². The number of halogens is 4. The molecule has 0 amide bonds. The molecule has 0 bridgehead atoms. The van der Waals surface area contributed by atoms with E-state index in [1.807, 2.05) is 4.57 Å². The molecule has 1 aromatic heterocycles. The van der Waals surface area contributed by atoms with Crippen molar-refractivity contribution < 1.29 is 9.13 Å². The van der Waals surface area contributed by atoms with Gasteiger partial charge in [0.1, 0.15) is 18.2 Å². The minimum atomic E-state index is -0.368. The van der Waals surface area contributed by atoms with Crippen LogP contribution in [-0.2, 0) is 18.9 Å². The van der Waals surface area contributed by atoms with Crippen molar-refractivity contribution in [2.45, 2.75) is 24.1 Å². The first-order chi connectivity index (χ1) is 13.5. The quantitative estimate of drug-likeness (QED) is 0.288. The number of aromatic nitrogens is 3. The van der Waals surface area contributed by atoms with Gasteiger partial charge in [0.2, 0.25) is 0 Å². The summed E-state index contributed by atoms with van der Waals surface area (Å²) in [5.74, 6) is 1.24. The highest BCUT2D eigenvalue weighted by Crippen LogP contribution is 2.29. The van der Waals surface area contributed by atoms with Crippen LogP contribution in [0.2, 0.25) is 15.1 Å². The number of rotatable bonds is 8. The first-order valence-electron chi connectivity index (χ1n) is 8.15. The van der Waals surface area contributed by atoms with Crippen LogP contribution in [0.25, 0.3) is 0 Å². The Balaban J connectivity index is 1.73. The summed E-state index contributed by atoms with van der Waals surface area (Å²) >= 11 is 19.6. The zero-order chi connectivity index (χ0) is 20.1. The third-order valence-electron chi connectivity index (χ3n) is 3.73. The van der Waals surface area contributed by atoms with Crippen LogP contribution in [0.5, 0.6) is 5.75 Å². The van der Waals surface area contributed by atoms with Crippen LogP contribution in [0, 0.1) is 5.82 Å². The minimum Gasteiger partial charge on any atom is -0.484 e. The molecule has 0 aliphatic carbocycles. The highest BCUT2D eigenvalue weighted by molar-refractivity contribution is 7.98. The van der Waals surface area contributed by atoms with E-state index < -0.39 is 0 Å². The van der Waals surface area contributed by atoms with E-state index in [1.165, 1.54) is 23.9 Å². The van der Waals surface area contributed by atoms with E-state index in [-0.39, 0.29) is 12.4 Å². The second-order valence-electron chi connectivity index (χ2n) is 5.69. The third-order valence-corrected chi connectivity index (χ3v) is 5.64. The maximum absolute atomic E-state index is 13.2. The summed E-state index contributed by atoms with van der Waals surface area (Å²) in [6.07, 6.45) is 1.74. The van der Waals surface area contributed by atoms with E-state index in [1.54, 1.807) is 30.3 Å². The lowest BCUT2D eigenvalue weighted by molar-refractivity contribution is 0.289. The third kappa shape index (κ3) is 5.20. The molecule has 0 radical (unpaired) electrons. The number of hydrogen-bond acceptors (Lipinski definition) is 4. The molecule has 28 heavy (non-hydrogen) atoms. The lowest BCUT2D eigenvalue weighted by atomic mass is 10.2. The predicted octanol–water partition coefficient (Wildman–Crippen LogP) is 6.43. The fourth-order valence-electron chi connectivity index (χ4n) is 2.36. The Morgan fingerprint density at radius 1 is 1.11 bits per heavy atom. The molecule has 3 rings (SSSR count). The molecule has 0 aliphatic heterocycles. The lowest BCUT2D eigenvalue weighted by Crippen LogP contribution is -2.07. The number of benzene rings is 2. The van der Waals surface area contributed by atoms with Crippen LogP contribution in [0.1, 0.15) is 11.4 Å². The first kappa shape index (κ1) is 21.0. The number of hydrogen-bond donors (Lipinski definition) is 0. The van der Waals surface area contributed by atoms with Gasteiger partial charge >= 0.3 is 0 Å². The van der Waals surface area contributed by atoms with Crippen molar-refractivity contribution >= 4 is 46.6 Å². The largest absolute Gasteiger partial charge is 0.484 e. The monoisotopic (exact) mass is 457 g/mol. The van der Waals surface area contributed by atoms with E-state index in [2.05, 4.69) is 16.8 Å². The molecular weight excluding hydrogens is 444 g/mol. The lowest BCUT2D eigenvalue weighted by Gasteiger charge is -2.10. The summed E-state index contributed by atoms with van der Waals surface area (Å²) in [7, 11) is 0. The van der Waals surface area contributed by atoms with Crippen LogP contribution in [0.3, 0.4) is 0 Å². The maximum atomic E-state index is 13.2. The van der Waals surface area contributed by atoms with Crippen molar-refractivity contribution in [2.24, 2.45) is 0 Å². The second kappa shape index (κ2) is 9.65. The van der Waals surface area contributed by atoms with E-state index in [0.29, 0.717) is 44.1 Å². The Labute approximate surface area is 181 Å². The van der Waals surface area contributed by atoms with Gasteiger partial charge in [-0.3, -0.25) is 4.57 Å². The fourth-order valence-corrected chi connectivity index (χ4v) is 3.97. The second-order valence-corrected chi connectivity index (χ2v) is 7.88. The van der Waals surface area contributed by atoms with Crippen LogP contribution in [0.4, 0.5) is 4.39 Å². The average molecular weight is 459 g/mol. The molecule has 0 saturated carbocycles. The van der Waals surface area contributed by atoms with E-state index in [0.717, 1.165) is 5.56 Å². The topological polar surface area (TPSA) is 39.9 Å². The molecule has 9 heteroatoms. The standard InChI is InChI=1S/C19H15Cl3FN3OS/c1-2-7-26-18(10-27-17-8-13(20)4-6-15(17)21)24-25-19(26)28-11-12-3-5-14(23)9-16(12)22/h2-6,8-9H,1,7,10-11H2. The van der Waals surface area contributed by atoms with Crippen molar-refractivity contribution in [2.75, 3.05) is 0 Å². The van der Waals surface area contributed by atoms with Crippen molar-refractivity contribution in [1.82, 2.24) is 14.8 Å². The zero-order valence-electron chi connectivity index (χ0n) is 14.5. The van der Waals surface area contributed by atoms with Gasteiger partial charge in [-0.1, -0.05) is 58.7 Å². The molecule has 146 valence electrons. The molecular formula is C19H15Cl3FN3OS. The van der Waals surface area contributed by atoms with Crippen molar-refractivity contribution in [1.29, 1.82) is 0 Å². The SMILES string of the molecule is C=CCn1c(COc2cc(Cl)ccc2Cl)nnc1SCc1ccc(F)cc1Cl. The summed E-state index contributed by atoms with van der Waals surface area (Å²) in [5.41, 5.74) is 0.810. The normalized spacial score (nSPS) is 10.9.